The van der Waals surface area contributed by atoms with Crippen molar-refractivity contribution in [3.05, 3.63) is 69.8 Å². The van der Waals surface area contributed by atoms with Gasteiger partial charge in [0.1, 0.15) is 0 Å². The molecule has 1 aliphatic rings. The van der Waals surface area contributed by atoms with Crippen LogP contribution in [0.5, 0.6) is 0 Å². The number of nitrogens with two attached hydrogens (primary N) is 1. The van der Waals surface area contributed by atoms with Gasteiger partial charge in [0.2, 0.25) is 0 Å². The molecular formula is C28H41N. The van der Waals surface area contributed by atoms with Crippen molar-refractivity contribution in [2.45, 2.75) is 86.5 Å². The highest BCUT2D eigenvalue weighted by Gasteiger charge is 2.21. The molecule has 0 heterocycles. The Bertz CT molecular complexity index is 763. The molecule has 1 aliphatic carbocycles. The number of aryl methyl sites for hydroxylation is 3. The maximum absolute atomic E-state index is 6.08. The summed E-state index contributed by atoms with van der Waals surface area (Å²) in [5.74, 6) is 0.884. The molecule has 0 atom stereocenters. The molecule has 1 heteroatoms. The third kappa shape index (κ3) is 6.23. The van der Waals surface area contributed by atoms with Gasteiger partial charge in [-0.3, -0.25) is 0 Å². The van der Waals surface area contributed by atoms with Crippen LogP contribution in [-0.2, 0) is 12.8 Å². The molecule has 158 valence electrons. The quantitative estimate of drug-likeness (QED) is 0.511. The van der Waals surface area contributed by atoms with E-state index in [1.165, 1.54) is 65.5 Å². The molecule has 0 fully saturated rings. The van der Waals surface area contributed by atoms with E-state index in [-0.39, 0.29) is 0 Å². The van der Waals surface area contributed by atoms with Gasteiger partial charge in [0.15, 0.2) is 0 Å². The van der Waals surface area contributed by atoms with Crippen molar-refractivity contribution in [2.24, 2.45) is 5.92 Å². The molecule has 1 nitrogen and oxygen atoms in total. The standard InChI is InChI=1S/C23H29N.C5H12/c1-4-6-17(7-5-2)23-21-12-8-16(3)14-18(21)9-10-19-15-20(24)11-13-22(19)23;1-4-5(2)3/h8,11-15H,4-7,9-10,24H2,1-3H3;5H,4H2,1-3H3. The zero-order valence-corrected chi connectivity index (χ0v) is 19.6. The molecule has 2 aromatic rings. The minimum Gasteiger partial charge on any atom is -0.399 e. The number of hydrogen-bond acceptors (Lipinski definition) is 1. The second kappa shape index (κ2) is 11.2. The van der Waals surface area contributed by atoms with E-state index in [9.17, 15) is 0 Å². The highest BCUT2D eigenvalue weighted by Crippen LogP contribution is 2.39. The Morgan fingerprint density at radius 2 is 1.38 bits per heavy atom. The van der Waals surface area contributed by atoms with Crippen LogP contribution in [0.1, 0.15) is 94.5 Å². The molecular weight excluding hydrogens is 350 g/mol. The maximum atomic E-state index is 6.08. The monoisotopic (exact) mass is 391 g/mol. The summed E-state index contributed by atoms with van der Waals surface area (Å²) in [6.07, 6.45) is 8.24. The molecule has 0 saturated carbocycles. The second-order valence-corrected chi connectivity index (χ2v) is 8.86. The van der Waals surface area contributed by atoms with E-state index in [1.54, 1.807) is 5.57 Å². The fraction of sp³-hybridized carbons (Fsp3) is 0.500. The topological polar surface area (TPSA) is 26.0 Å². The van der Waals surface area contributed by atoms with E-state index in [0.29, 0.717) is 0 Å². The van der Waals surface area contributed by atoms with Gasteiger partial charge in [0.05, 0.1) is 0 Å². The molecule has 29 heavy (non-hydrogen) atoms. The molecule has 0 amide bonds. The molecule has 2 N–H and O–H groups in total. The fourth-order valence-electron chi connectivity index (χ4n) is 4.01. The van der Waals surface area contributed by atoms with Crippen molar-refractivity contribution in [2.75, 3.05) is 5.73 Å². The van der Waals surface area contributed by atoms with Gasteiger partial charge in [0.25, 0.3) is 0 Å². The first-order valence-corrected chi connectivity index (χ1v) is 11.6. The van der Waals surface area contributed by atoms with E-state index < -0.39 is 0 Å². The Hall–Kier alpha value is -2.02. The highest BCUT2D eigenvalue weighted by atomic mass is 14.5. The SMILES string of the molecule is CCC(C)C.CCCC(CCC)=C1c2ccc(C)cc2CCc2cc(N)ccc21. The van der Waals surface area contributed by atoms with Gasteiger partial charge in [0, 0.05) is 5.69 Å². The van der Waals surface area contributed by atoms with Crippen LogP contribution in [0.15, 0.2) is 42.0 Å². The maximum Gasteiger partial charge on any atom is 0.0317 e. The van der Waals surface area contributed by atoms with Crippen molar-refractivity contribution in [3.63, 3.8) is 0 Å². The normalized spacial score (nSPS) is 12.6. The van der Waals surface area contributed by atoms with Gasteiger partial charge in [-0.2, -0.15) is 0 Å². The molecule has 0 aromatic heterocycles. The zero-order valence-electron chi connectivity index (χ0n) is 19.6. The Kier molecular flexibility index (Phi) is 9.01. The van der Waals surface area contributed by atoms with E-state index in [4.69, 9.17) is 5.73 Å². The molecule has 2 aromatic carbocycles. The lowest BCUT2D eigenvalue weighted by Crippen LogP contribution is -1.99. The Balaban J connectivity index is 0.000000537. The van der Waals surface area contributed by atoms with Crippen molar-refractivity contribution < 1.29 is 0 Å². The summed E-state index contributed by atoms with van der Waals surface area (Å²) in [6, 6.07) is 13.5. The predicted molar refractivity (Wildman–Crippen MR) is 130 cm³/mol. The van der Waals surface area contributed by atoms with E-state index in [2.05, 4.69) is 77.9 Å². The number of hydrogen-bond donors (Lipinski definition) is 1. The van der Waals surface area contributed by atoms with Crippen LogP contribution in [0.25, 0.3) is 5.57 Å². The Morgan fingerprint density at radius 1 is 0.862 bits per heavy atom. The summed E-state index contributed by atoms with van der Waals surface area (Å²) in [7, 11) is 0. The van der Waals surface area contributed by atoms with Crippen LogP contribution in [0.3, 0.4) is 0 Å². The van der Waals surface area contributed by atoms with Crippen LogP contribution in [0.2, 0.25) is 0 Å². The highest BCUT2D eigenvalue weighted by molar-refractivity contribution is 5.86. The summed E-state index contributed by atoms with van der Waals surface area (Å²) in [6.45, 7) is 13.4. The minimum atomic E-state index is 0.878. The molecule has 0 unspecified atom stereocenters. The van der Waals surface area contributed by atoms with E-state index in [0.717, 1.165) is 24.4 Å². The van der Waals surface area contributed by atoms with Gasteiger partial charge < -0.3 is 5.73 Å². The largest absolute Gasteiger partial charge is 0.399 e. The second-order valence-electron chi connectivity index (χ2n) is 8.86. The summed E-state index contributed by atoms with van der Waals surface area (Å²) < 4.78 is 0. The molecule has 0 saturated heterocycles. The number of allylic oxidation sites excluding steroid dienone is 1. The van der Waals surface area contributed by atoms with Gasteiger partial charge in [-0.05, 0) is 78.5 Å². The smallest absolute Gasteiger partial charge is 0.0317 e. The molecule has 0 aliphatic heterocycles. The molecule has 3 rings (SSSR count). The minimum absolute atomic E-state index is 0.878. The molecule has 0 bridgehead atoms. The first kappa shape index (κ1) is 23.3. The van der Waals surface area contributed by atoms with Crippen LogP contribution in [0.4, 0.5) is 5.69 Å². The fourth-order valence-corrected chi connectivity index (χ4v) is 4.01. The van der Waals surface area contributed by atoms with E-state index in [1.807, 2.05) is 0 Å². The number of rotatable bonds is 5. The van der Waals surface area contributed by atoms with Gasteiger partial charge in [-0.25, -0.2) is 0 Å². The number of nitrogen functional groups attached to an aromatic ring is 1. The average molecular weight is 392 g/mol. The predicted octanol–water partition coefficient (Wildman–Crippen LogP) is 8.13. The van der Waals surface area contributed by atoms with Crippen molar-refractivity contribution in [3.8, 4) is 0 Å². The number of anilines is 1. The third-order valence-corrected chi connectivity index (χ3v) is 5.87. The Morgan fingerprint density at radius 3 is 1.90 bits per heavy atom. The van der Waals surface area contributed by atoms with Gasteiger partial charge in [-0.15, -0.1) is 0 Å². The van der Waals surface area contributed by atoms with E-state index >= 15 is 0 Å². The van der Waals surface area contributed by atoms with Crippen LogP contribution in [0, 0.1) is 12.8 Å². The van der Waals surface area contributed by atoms with Gasteiger partial charge >= 0.3 is 0 Å². The first-order chi connectivity index (χ1) is 13.9. The van der Waals surface area contributed by atoms with Crippen molar-refractivity contribution in [1.82, 2.24) is 0 Å². The summed E-state index contributed by atoms with van der Waals surface area (Å²) in [5.41, 5.74) is 17.2. The van der Waals surface area contributed by atoms with Crippen LogP contribution >= 0.6 is 0 Å². The number of fused-ring (bicyclic) bond motifs is 2. The number of benzene rings is 2. The lowest BCUT2D eigenvalue weighted by molar-refractivity contribution is 0.626. The lowest BCUT2D eigenvalue weighted by Gasteiger charge is -2.19. The molecule has 0 radical (unpaired) electrons. The summed E-state index contributed by atoms with van der Waals surface area (Å²) in [5, 5.41) is 0. The average Bonchev–Trinajstić information content (AvgIpc) is 2.84. The summed E-state index contributed by atoms with van der Waals surface area (Å²) in [4.78, 5) is 0. The van der Waals surface area contributed by atoms with Crippen molar-refractivity contribution in [1.29, 1.82) is 0 Å². The van der Waals surface area contributed by atoms with Crippen LogP contribution < -0.4 is 5.73 Å². The Labute approximate surface area is 179 Å². The first-order valence-electron chi connectivity index (χ1n) is 11.6. The lowest BCUT2D eigenvalue weighted by atomic mass is 9.86. The van der Waals surface area contributed by atoms with Crippen LogP contribution in [-0.4, -0.2) is 0 Å². The summed E-state index contributed by atoms with van der Waals surface area (Å²) >= 11 is 0. The third-order valence-electron chi connectivity index (χ3n) is 5.87. The van der Waals surface area contributed by atoms with Gasteiger partial charge in [-0.1, -0.05) is 89.3 Å². The molecule has 0 spiro atoms. The van der Waals surface area contributed by atoms with Crippen molar-refractivity contribution >= 4 is 11.3 Å². The zero-order chi connectivity index (χ0) is 21.4.